The van der Waals surface area contributed by atoms with Crippen LogP contribution in [0.1, 0.15) is 28.8 Å². The number of nitrogens with zero attached hydrogens (tertiary/aromatic N) is 1. The molecule has 0 aliphatic carbocycles. The smallest absolute Gasteiger partial charge is 0.328 e. The summed E-state index contributed by atoms with van der Waals surface area (Å²) in [6, 6.07) is 6.76. The first-order valence-electron chi connectivity index (χ1n) is 6.35. The van der Waals surface area contributed by atoms with Crippen molar-refractivity contribution in [3.05, 3.63) is 35.4 Å². The van der Waals surface area contributed by atoms with Crippen molar-refractivity contribution in [2.24, 2.45) is 5.73 Å². The Bertz CT molecular complexity index is 487. The Labute approximate surface area is 112 Å². The van der Waals surface area contributed by atoms with Crippen molar-refractivity contribution in [3.63, 3.8) is 0 Å². The molecule has 1 heterocycles. The van der Waals surface area contributed by atoms with Crippen LogP contribution in [0, 0.1) is 0 Å². The van der Waals surface area contributed by atoms with E-state index < -0.39 is 6.04 Å². The highest BCUT2D eigenvalue weighted by Crippen LogP contribution is 2.22. The molecule has 1 aliphatic heterocycles. The molecule has 19 heavy (non-hydrogen) atoms. The normalized spacial score (nSPS) is 18.4. The van der Waals surface area contributed by atoms with Gasteiger partial charge in [-0.15, -0.1) is 0 Å². The molecule has 1 saturated heterocycles. The molecular weight excluding hydrogens is 244 g/mol. The number of esters is 1. The van der Waals surface area contributed by atoms with E-state index in [1.54, 1.807) is 17.0 Å². The fraction of sp³-hybridized carbons (Fsp3) is 0.429. The number of likely N-dealkylation sites (tertiary alicyclic amines) is 1. The molecule has 2 rings (SSSR count). The average Bonchev–Trinajstić information content (AvgIpc) is 2.95. The lowest BCUT2D eigenvalue weighted by Crippen LogP contribution is -2.41. The number of hydrogen-bond donors (Lipinski definition) is 1. The molecule has 1 unspecified atom stereocenters. The van der Waals surface area contributed by atoms with E-state index in [0.29, 0.717) is 25.1 Å². The van der Waals surface area contributed by atoms with Crippen LogP contribution in [0.4, 0.5) is 0 Å². The van der Waals surface area contributed by atoms with Crippen molar-refractivity contribution >= 4 is 11.9 Å². The van der Waals surface area contributed by atoms with Crippen molar-refractivity contribution in [1.29, 1.82) is 0 Å². The van der Waals surface area contributed by atoms with Crippen molar-refractivity contribution in [2.45, 2.75) is 25.4 Å². The lowest BCUT2D eigenvalue weighted by Gasteiger charge is -2.23. The minimum Gasteiger partial charge on any atom is -0.467 e. The maximum atomic E-state index is 12.5. The van der Waals surface area contributed by atoms with Crippen molar-refractivity contribution in [2.75, 3.05) is 13.7 Å². The van der Waals surface area contributed by atoms with Gasteiger partial charge in [-0.25, -0.2) is 4.79 Å². The standard InChI is InChI=1S/C14H18N2O3/c1-19-14(18)12-7-4-8-16(12)13(17)11-6-3-2-5-10(11)9-15/h2-3,5-6,12H,4,7-9,15H2,1H3. The monoisotopic (exact) mass is 262 g/mol. The van der Waals surface area contributed by atoms with Crippen LogP contribution in [0.5, 0.6) is 0 Å². The fourth-order valence-corrected chi connectivity index (χ4v) is 2.45. The number of hydrogen-bond acceptors (Lipinski definition) is 4. The van der Waals surface area contributed by atoms with Crippen molar-refractivity contribution in [1.82, 2.24) is 4.90 Å². The topological polar surface area (TPSA) is 72.6 Å². The lowest BCUT2D eigenvalue weighted by molar-refractivity contribution is -0.145. The molecule has 5 nitrogen and oxygen atoms in total. The molecule has 0 radical (unpaired) electrons. The first kappa shape index (κ1) is 13.5. The van der Waals surface area contributed by atoms with E-state index in [-0.39, 0.29) is 11.9 Å². The Hall–Kier alpha value is -1.88. The van der Waals surface area contributed by atoms with Crippen LogP contribution in [0.2, 0.25) is 0 Å². The summed E-state index contributed by atoms with van der Waals surface area (Å²) in [7, 11) is 1.34. The Kier molecular flexibility index (Phi) is 4.16. The average molecular weight is 262 g/mol. The summed E-state index contributed by atoms with van der Waals surface area (Å²) < 4.78 is 4.75. The Morgan fingerprint density at radius 3 is 2.84 bits per heavy atom. The second-order valence-electron chi connectivity index (χ2n) is 4.54. The molecule has 5 heteroatoms. The maximum Gasteiger partial charge on any atom is 0.328 e. The first-order chi connectivity index (χ1) is 9.19. The summed E-state index contributed by atoms with van der Waals surface area (Å²) in [5.41, 5.74) is 7.01. The molecule has 102 valence electrons. The minimum absolute atomic E-state index is 0.144. The van der Waals surface area contributed by atoms with Gasteiger partial charge in [-0.05, 0) is 24.5 Å². The molecule has 2 N–H and O–H groups in total. The molecule has 1 aromatic carbocycles. The van der Waals surface area contributed by atoms with Gasteiger partial charge in [-0.2, -0.15) is 0 Å². The van der Waals surface area contributed by atoms with Gasteiger partial charge in [0.1, 0.15) is 6.04 Å². The summed E-state index contributed by atoms with van der Waals surface area (Å²) >= 11 is 0. The van der Waals surface area contributed by atoms with E-state index in [0.717, 1.165) is 12.0 Å². The summed E-state index contributed by atoms with van der Waals surface area (Å²) in [4.78, 5) is 25.8. The number of nitrogens with two attached hydrogens (primary N) is 1. The predicted molar refractivity (Wildman–Crippen MR) is 70.4 cm³/mol. The third-order valence-electron chi connectivity index (χ3n) is 3.45. The summed E-state index contributed by atoms with van der Waals surface area (Å²) in [6.45, 7) is 0.885. The highest BCUT2D eigenvalue weighted by atomic mass is 16.5. The number of rotatable bonds is 3. The van der Waals surface area contributed by atoms with Gasteiger partial charge in [0.2, 0.25) is 0 Å². The largest absolute Gasteiger partial charge is 0.467 e. The Morgan fingerprint density at radius 2 is 2.16 bits per heavy atom. The van der Waals surface area contributed by atoms with Gasteiger partial charge in [0, 0.05) is 18.7 Å². The van der Waals surface area contributed by atoms with E-state index in [1.807, 2.05) is 12.1 Å². The second kappa shape index (κ2) is 5.84. The number of carbonyl (C=O) groups is 2. The zero-order valence-corrected chi connectivity index (χ0v) is 11.0. The van der Waals surface area contributed by atoms with Crippen molar-refractivity contribution in [3.8, 4) is 0 Å². The van der Waals surface area contributed by atoms with E-state index in [9.17, 15) is 9.59 Å². The molecule has 1 amide bonds. The molecular formula is C14H18N2O3. The molecule has 1 aromatic rings. The maximum absolute atomic E-state index is 12.5. The molecule has 1 aliphatic rings. The Balaban J connectivity index is 2.26. The summed E-state index contributed by atoms with van der Waals surface area (Å²) in [5.74, 6) is -0.495. The highest BCUT2D eigenvalue weighted by molar-refractivity contribution is 5.98. The van der Waals surface area contributed by atoms with E-state index in [1.165, 1.54) is 7.11 Å². The van der Waals surface area contributed by atoms with Crippen molar-refractivity contribution < 1.29 is 14.3 Å². The summed E-state index contributed by atoms with van der Waals surface area (Å²) in [6.07, 6.45) is 1.47. The number of methoxy groups -OCH3 is 1. The molecule has 1 atom stereocenters. The van der Waals surface area contributed by atoms with Gasteiger partial charge >= 0.3 is 5.97 Å². The number of benzene rings is 1. The zero-order chi connectivity index (χ0) is 13.8. The zero-order valence-electron chi connectivity index (χ0n) is 11.0. The quantitative estimate of drug-likeness (QED) is 0.822. The van der Waals surface area contributed by atoms with Gasteiger partial charge < -0.3 is 15.4 Å². The van der Waals surface area contributed by atoms with Crippen LogP contribution in [0.25, 0.3) is 0 Å². The van der Waals surface area contributed by atoms with E-state index in [4.69, 9.17) is 10.5 Å². The molecule has 0 spiro atoms. The first-order valence-corrected chi connectivity index (χ1v) is 6.35. The van der Waals surface area contributed by atoms with Crippen LogP contribution in [0.15, 0.2) is 24.3 Å². The summed E-state index contributed by atoms with van der Waals surface area (Å²) in [5, 5.41) is 0. The molecule has 0 aromatic heterocycles. The van der Waals surface area contributed by atoms with Crippen LogP contribution < -0.4 is 5.73 Å². The van der Waals surface area contributed by atoms with Crippen LogP contribution in [-0.4, -0.2) is 36.5 Å². The predicted octanol–water partition coefficient (Wildman–Crippen LogP) is 0.923. The van der Waals surface area contributed by atoms with E-state index in [2.05, 4.69) is 0 Å². The minimum atomic E-state index is -0.469. The second-order valence-corrected chi connectivity index (χ2v) is 4.54. The Morgan fingerprint density at radius 1 is 1.42 bits per heavy atom. The van der Waals surface area contributed by atoms with Gasteiger partial charge in [-0.3, -0.25) is 4.79 Å². The third kappa shape index (κ3) is 2.61. The lowest BCUT2D eigenvalue weighted by atomic mass is 10.1. The highest BCUT2D eigenvalue weighted by Gasteiger charge is 2.35. The van der Waals surface area contributed by atoms with Crippen LogP contribution in [0.3, 0.4) is 0 Å². The fourth-order valence-electron chi connectivity index (χ4n) is 2.45. The number of ether oxygens (including phenoxy) is 1. The van der Waals surface area contributed by atoms with Gasteiger partial charge in [0.05, 0.1) is 7.11 Å². The van der Waals surface area contributed by atoms with Gasteiger partial charge in [0.25, 0.3) is 5.91 Å². The molecule has 0 saturated carbocycles. The number of amides is 1. The van der Waals surface area contributed by atoms with Gasteiger partial charge in [0.15, 0.2) is 0 Å². The number of carbonyl (C=O) groups excluding carboxylic acids is 2. The van der Waals surface area contributed by atoms with Crippen LogP contribution in [-0.2, 0) is 16.1 Å². The van der Waals surface area contributed by atoms with E-state index >= 15 is 0 Å². The van der Waals surface area contributed by atoms with Crippen LogP contribution >= 0.6 is 0 Å². The molecule has 0 bridgehead atoms. The SMILES string of the molecule is COC(=O)C1CCCN1C(=O)c1ccccc1CN. The third-order valence-corrected chi connectivity index (χ3v) is 3.45. The molecule has 1 fully saturated rings. The van der Waals surface area contributed by atoms with Gasteiger partial charge in [-0.1, -0.05) is 18.2 Å².